The molecule has 0 spiro atoms. The predicted octanol–water partition coefficient (Wildman–Crippen LogP) is 8.16. The van der Waals surface area contributed by atoms with Gasteiger partial charge >= 0.3 is 0 Å². The molecule has 0 saturated heterocycles. The lowest BCUT2D eigenvalue weighted by Crippen LogP contribution is -3.10. The van der Waals surface area contributed by atoms with Crippen LogP contribution in [0.15, 0.2) is 85.5 Å². The molecule has 5 rings (SSSR count). The number of fused-ring (bicyclic) bond motifs is 2. The minimum absolute atomic E-state index is 0.00922. The first kappa shape index (κ1) is 32.4. The molecule has 2 heterocycles. The molecular formula is C37H40Br2N4O. The molecule has 2 aromatic carbocycles. The second-order valence-electron chi connectivity index (χ2n) is 13.1. The molecule has 0 fully saturated rings. The van der Waals surface area contributed by atoms with Crippen molar-refractivity contribution in [2.24, 2.45) is 0 Å². The maximum absolute atomic E-state index is 14.2. The third-order valence-corrected chi connectivity index (χ3v) is 10.7. The van der Waals surface area contributed by atoms with E-state index < -0.39 is 0 Å². The van der Waals surface area contributed by atoms with Gasteiger partial charge in [-0.15, -0.1) is 0 Å². The van der Waals surface area contributed by atoms with Gasteiger partial charge in [0.15, 0.2) is 5.78 Å². The van der Waals surface area contributed by atoms with E-state index in [1.807, 2.05) is 6.08 Å². The van der Waals surface area contributed by atoms with Gasteiger partial charge in [-0.2, -0.15) is 5.26 Å². The number of anilines is 1. The highest BCUT2D eigenvalue weighted by Gasteiger charge is 2.50. The maximum atomic E-state index is 14.2. The summed E-state index contributed by atoms with van der Waals surface area (Å²) in [6.45, 7) is 15.0. The summed E-state index contributed by atoms with van der Waals surface area (Å²) in [5, 5.41) is 20.1. The Morgan fingerprint density at radius 3 is 2.34 bits per heavy atom. The smallest absolute Gasteiger partial charge is 0.194 e. The Balaban J connectivity index is 1.67. The summed E-state index contributed by atoms with van der Waals surface area (Å²) in [5.41, 5.74) is 6.65. The lowest BCUT2D eigenvalue weighted by atomic mass is 9.72. The van der Waals surface area contributed by atoms with Crippen molar-refractivity contribution in [3.8, 4) is 6.07 Å². The van der Waals surface area contributed by atoms with Gasteiger partial charge in [0, 0.05) is 60.6 Å². The van der Waals surface area contributed by atoms with Gasteiger partial charge in [-0.25, -0.2) is 5.87 Å². The van der Waals surface area contributed by atoms with Gasteiger partial charge in [0.25, 0.3) is 0 Å². The van der Waals surface area contributed by atoms with E-state index >= 15 is 0 Å². The lowest BCUT2D eigenvalue weighted by Gasteiger charge is -2.32. The Bertz CT molecular complexity index is 1710. The number of carbonyl (C=O) groups is 1. The number of allylic oxidation sites excluding steroid dienone is 6. The van der Waals surface area contributed by atoms with Gasteiger partial charge in [-0.05, 0) is 74.7 Å². The number of ketones is 1. The molecule has 44 heavy (non-hydrogen) atoms. The van der Waals surface area contributed by atoms with Crippen LogP contribution in [0.4, 0.5) is 11.4 Å². The highest BCUT2D eigenvalue weighted by Crippen LogP contribution is 2.50. The van der Waals surface area contributed by atoms with E-state index in [-0.39, 0.29) is 28.2 Å². The Hall–Kier alpha value is -3.01. The fourth-order valence-corrected chi connectivity index (χ4v) is 7.91. The van der Waals surface area contributed by atoms with Gasteiger partial charge in [0.1, 0.15) is 17.8 Å². The standard InChI is InChI=1S/C37H39Br2N4O/c1-7-9-15-42-30-13-11-24(38)17-28(30)36(3,4)32(42)19-26-34(23(21-40)22-41)27(35(26)44)20-33-37(5,6)29-18-25(39)12-14-31(29)43(33)16-10-8-2/h11-14,17-20,32H,7-10,15-16H2,1-6H3/q-1/p+1/b26-19-,33-20+. The summed E-state index contributed by atoms with van der Waals surface area (Å²) >= 11 is 7.31. The summed E-state index contributed by atoms with van der Waals surface area (Å²) in [4.78, 5) is 17.8. The summed E-state index contributed by atoms with van der Waals surface area (Å²) in [6.07, 6.45) is 8.20. The minimum atomic E-state index is -0.367. The van der Waals surface area contributed by atoms with E-state index in [2.05, 4.69) is 133 Å². The number of hydrogen-bond acceptors (Lipinski definition) is 3. The Morgan fingerprint density at radius 1 is 1.05 bits per heavy atom. The van der Waals surface area contributed by atoms with Crippen molar-refractivity contribution in [1.29, 1.82) is 5.26 Å². The summed E-state index contributed by atoms with van der Waals surface area (Å²) in [7, 11) is 0. The molecule has 3 aliphatic rings. The zero-order valence-electron chi connectivity index (χ0n) is 26.4. The van der Waals surface area contributed by atoms with E-state index in [0.717, 1.165) is 59.1 Å². The first-order valence-corrected chi connectivity index (χ1v) is 17.1. The van der Waals surface area contributed by atoms with Crippen molar-refractivity contribution in [1.82, 2.24) is 0 Å². The molecule has 0 radical (unpaired) electrons. The number of unbranched alkanes of at least 4 members (excludes halogenated alkanes) is 2. The topological polar surface area (TPSA) is 70.8 Å². The molecule has 1 N–H and O–H groups in total. The second-order valence-corrected chi connectivity index (χ2v) is 15.0. The number of quaternary nitrogens is 1. The van der Waals surface area contributed by atoms with Gasteiger partial charge in [-0.3, -0.25) is 9.69 Å². The third kappa shape index (κ3) is 5.31. The Morgan fingerprint density at radius 2 is 1.70 bits per heavy atom. The molecule has 1 aliphatic carbocycles. The van der Waals surface area contributed by atoms with Crippen molar-refractivity contribution in [2.75, 3.05) is 18.0 Å². The van der Waals surface area contributed by atoms with Crippen LogP contribution in [-0.2, 0) is 15.6 Å². The van der Waals surface area contributed by atoms with Crippen LogP contribution in [0.5, 0.6) is 0 Å². The van der Waals surface area contributed by atoms with E-state index in [4.69, 9.17) is 0 Å². The molecule has 0 saturated carbocycles. The molecule has 0 bridgehead atoms. The summed E-state index contributed by atoms with van der Waals surface area (Å²) in [6, 6.07) is 14.9. The fraction of sp³-hybridized carbons (Fsp3) is 0.405. The molecule has 5 nitrogen and oxygen atoms in total. The first-order valence-electron chi connectivity index (χ1n) is 15.6. The fourth-order valence-electron chi connectivity index (χ4n) is 7.19. The monoisotopic (exact) mass is 714 g/mol. The van der Waals surface area contributed by atoms with Gasteiger partial charge in [0.05, 0.1) is 17.5 Å². The quantitative estimate of drug-likeness (QED) is 0.162. The number of nitriles is 1. The number of carbonyl (C=O) groups excluding carboxylic acids is 1. The molecular weight excluding hydrogens is 676 g/mol. The molecule has 7 heteroatoms. The zero-order valence-corrected chi connectivity index (χ0v) is 29.6. The Kier molecular flexibility index (Phi) is 9.13. The first-order chi connectivity index (χ1) is 20.9. The van der Waals surface area contributed by atoms with E-state index in [1.54, 1.807) is 0 Å². The molecule has 2 unspecified atom stereocenters. The zero-order chi connectivity index (χ0) is 32.0. The van der Waals surface area contributed by atoms with Crippen LogP contribution in [0, 0.1) is 11.3 Å². The van der Waals surface area contributed by atoms with Crippen LogP contribution in [-0.4, -0.2) is 30.8 Å². The minimum Gasteiger partial charge on any atom is -0.762 e. The number of Topliss-reactive ketones (excluding diaryl/α,β-unsaturated/α-hetero) is 1. The van der Waals surface area contributed by atoms with Gasteiger partial charge in [0.2, 0.25) is 0 Å². The molecule has 2 aliphatic heterocycles. The van der Waals surface area contributed by atoms with E-state index in [1.165, 1.54) is 21.7 Å². The molecule has 228 valence electrons. The van der Waals surface area contributed by atoms with Crippen molar-refractivity contribution in [3.05, 3.63) is 102 Å². The van der Waals surface area contributed by atoms with Crippen molar-refractivity contribution >= 4 is 54.9 Å². The number of halogens is 2. The number of nitrogens with one attached hydrogen (secondary N) is 1. The van der Waals surface area contributed by atoms with Crippen LogP contribution in [0.25, 0.3) is 5.41 Å². The van der Waals surface area contributed by atoms with Crippen molar-refractivity contribution in [2.45, 2.75) is 84.1 Å². The van der Waals surface area contributed by atoms with Crippen LogP contribution in [0.2, 0.25) is 0 Å². The molecule has 0 aromatic heterocycles. The van der Waals surface area contributed by atoms with Gasteiger partial charge < -0.3 is 10.3 Å². The van der Waals surface area contributed by atoms with Crippen LogP contribution >= 0.6 is 31.9 Å². The lowest BCUT2D eigenvalue weighted by molar-refractivity contribution is -0.850. The molecule has 0 amide bonds. The summed E-state index contributed by atoms with van der Waals surface area (Å²) < 4.78 is 2.05. The second kappa shape index (κ2) is 12.4. The highest BCUT2D eigenvalue weighted by molar-refractivity contribution is 9.10. The number of rotatable bonds is 9. The maximum Gasteiger partial charge on any atom is 0.194 e. The van der Waals surface area contributed by atoms with Crippen LogP contribution in [0.3, 0.4) is 0 Å². The number of nitrogens with zero attached hydrogens (tertiary/aromatic N) is 3. The summed E-state index contributed by atoms with van der Waals surface area (Å²) in [5.74, 6) is 2.01. The number of benzene rings is 2. The van der Waals surface area contributed by atoms with Crippen molar-refractivity contribution in [3.63, 3.8) is 0 Å². The average Bonchev–Trinajstić information content (AvgIpc) is 3.33. The van der Waals surface area contributed by atoms with Gasteiger partial charge in [-0.1, -0.05) is 72.4 Å². The third-order valence-electron chi connectivity index (χ3n) is 9.68. The van der Waals surface area contributed by atoms with Crippen LogP contribution < -0.4 is 9.80 Å². The molecule has 2 aromatic rings. The van der Waals surface area contributed by atoms with E-state index in [9.17, 15) is 15.5 Å². The van der Waals surface area contributed by atoms with Crippen LogP contribution in [0.1, 0.15) is 78.4 Å². The highest BCUT2D eigenvalue weighted by atomic mass is 79.9. The van der Waals surface area contributed by atoms with Crippen molar-refractivity contribution < 1.29 is 9.69 Å². The molecule has 2 atom stereocenters. The normalized spacial score (nSPS) is 23.0. The predicted molar refractivity (Wildman–Crippen MR) is 186 cm³/mol. The number of hydrogen-bond donors (Lipinski definition) is 1. The largest absolute Gasteiger partial charge is 0.762 e. The average molecular weight is 717 g/mol. The van der Waals surface area contributed by atoms with E-state index in [0.29, 0.717) is 16.7 Å². The Labute approximate surface area is 278 Å². The SMILES string of the molecule is CCCCN1/C(=C/C2=C(C(=C=[N-])C#N)C(=C/C3[NH+](CCCC)c4ccc(Br)cc4C3(C)C)/C2=O)C(C)(C)c2cc(Br)ccc21.